The third-order valence-electron chi connectivity index (χ3n) is 5.14. The first kappa shape index (κ1) is 17.7. The Morgan fingerprint density at radius 3 is 3.00 bits per heavy atom. The van der Waals surface area contributed by atoms with Gasteiger partial charge in [0.2, 0.25) is 0 Å². The van der Waals surface area contributed by atoms with Gasteiger partial charge in [0.15, 0.2) is 11.4 Å². The minimum Gasteiger partial charge on any atom is -0.463 e. The van der Waals surface area contributed by atoms with Gasteiger partial charge in [-0.25, -0.2) is 9.67 Å². The molecule has 0 radical (unpaired) electrons. The van der Waals surface area contributed by atoms with Crippen molar-refractivity contribution < 1.29 is 9.21 Å². The van der Waals surface area contributed by atoms with Gasteiger partial charge in [-0.1, -0.05) is 0 Å². The maximum atomic E-state index is 13.4. The van der Waals surface area contributed by atoms with Crippen molar-refractivity contribution in [2.75, 3.05) is 20.1 Å². The molecule has 0 aliphatic carbocycles. The van der Waals surface area contributed by atoms with Gasteiger partial charge in [-0.05, 0) is 51.9 Å². The SMILES string of the molecule is CNCC1CCCN1C(=O)c1cc(-c2ccco2)nc2c1cnn2C(C)C. The fraction of sp³-hybridized carbons (Fsp3) is 0.450. The van der Waals surface area contributed by atoms with Gasteiger partial charge in [-0.2, -0.15) is 5.10 Å². The van der Waals surface area contributed by atoms with Crippen LogP contribution in [-0.2, 0) is 0 Å². The van der Waals surface area contributed by atoms with Crippen LogP contribution in [0.5, 0.6) is 0 Å². The fourth-order valence-electron chi connectivity index (χ4n) is 3.83. The molecule has 1 amide bonds. The highest BCUT2D eigenvalue weighted by atomic mass is 16.3. The number of amides is 1. The van der Waals surface area contributed by atoms with E-state index in [1.165, 1.54) is 0 Å². The maximum absolute atomic E-state index is 13.4. The fourth-order valence-corrected chi connectivity index (χ4v) is 3.83. The molecule has 27 heavy (non-hydrogen) atoms. The van der Waals surface area contributed by atoms with Crippen LogP contribution in [0, 0.1) is 0 Å². The van der Waals surface area contributed by atoms with Crippen molar-refractivity contribution in [1.29, 1.82) is 0 Å². The zero-order valence-electron chi connectivity index (χ0n) is 16.0. The van der Waals surface area contributed by atoms with Crippen LogP contribution in [-0.4, -0.2) is 51.8 Å². The lowest BCUT2D eigenvalue weighted by molar-refractivity contribution is 0.0739. The molecule has 0 saturated carbocycles. The molecular weight excluding hydrogens is 342 g/mol. The Morgan fingerprint density at radius 1 is 1.44 bits per heavy atom. The number of likely N-dealkylation sites (N-methyl/N-ethyl adjacent to an activating group) is 1. The molecule has 1 saturated heterocycles. The standard InChI is InChI=1S/C20H25N5O2/c1-13(2)25-19-16(12-22-25)15(10-17(23-19)18-7-5-9-27-18)20(26)24-8-4-6-14(24)11-21-3/h5,7,9-10,12-14,21H,4,6,8,11H2,1-3H3. The van der Waals surface area contributed by atoms with Crippen molar-refractivity contribution in [3.8, 4) is 11.5 Å². The first-order valence-electron chi connectivity index (χ1n) is 9.48. The molecule has 1 unspecified atom stereocenters. The highest BCUT2D eigenvalue weighted by Gasteiger charge is 2.31. The van der Waals surface area contributed by atoms with Gasteiger partial charge in [-0.15, -0.1) is 0 Å². The van der Waals surface area contributed by atoms with E-state index in [0.717, 1.165) is 31.3 Å². The zero-order valence-corrected chi connectivity index (χ0v) is 16.0. The molecule has 142 valence electrons. The van der Waals surface area contributed by atoms with Crippen LogP contribution in [0.2, 0.25) is 0 Å². The van der Waals surface area contributed by atoms with Gasteiger partial charge in [0.25, 0.3) is 5.91 Å². The molecule has 0 spiro atoms. The molecule has 3 aromatic rings. The van der Waals surface area contributed by atoms with E-state index in [1.54, 1.807) is 12.5 Å². The predicted molar refractivity (Wildman–Crippen MR) is 104 cm³/mol. The average molecular weight is 367 g/mol. The van der Waals surface area contributed by atoms with Crippen molar-refractivity contribution >= 4 is 16.9 Å². The highest BCUT2D eigenvalue weighted by Crippen LogP contribution is 2.29. The summed E-state index contributed by atoms with van der Waals surface area (Å²) in [6.07, 6.45) is 5.43. The normalized spacial score (nSPS) is 17.3. The van der Waals surface area contributed by atoms with Gasteiger partial charge >= 0.3 is 0 Å². The molecular formula is C20H25N5O2. The molecule has 4 heterocycles. The molecule has 1 N–H and O–H groups in total. The zero-order chi connectivity index (χ0) is 19.0. The van der Waals surface area contributed by atoms with E-state index in [1.807, 2.05) is 34.8 Å². The van der Waals surface area contributed by atoms with E-state index in [9.17, 15) is 4.79 Å². The van der Waals surface area contributed by atoms with Crippen LogP contribution >= 0.6 is 0 Å². The van der Waals surface area contributed by atoms with E-state index in [0.29, 0.717) is 22.7 Å². The van der Waals surface area contributed by atoms with Crippen molar-refractivity contribution in [2.24, 2.45) is 0 Å². The van der Waals surface area contributed by atoms with Gasteiger partial charge < -0.3 is 14.6 Å². The van der Waals surface area contributed by atoms with Crippen molar-refractivity contribution in [3.63, 3.8) is 0 Å². The molecule has 4 rings (SSSR count). The number of pyridine rings is 1. The number of fused-ring (bicyclic) bond motifs is 1. The molecule has 1 fully saturated rings. The summed E-state index contributed by atoms with van der Waals surface area (Å²) >= 11 is 0. The number of carbonyl (C=O) groups excluding carboxylic acids is 1. The van der Waals surface area contributed by atoms with Crippen molar-refractivity contribution in [2.45, 2.75) is 38.8 Å². The lowest BCUT2D eigenvalue weighted by atomic mass is 10.1. The van der Waals surface area contributed by atoms with Gasteiger partial charge in [-0.3, -0.25) is 4.79 Å². The number of likely N-dealkylation sites (tertiary alicyclic amines) is 1. The second kappa shape index (κ2) is 7.15. The van der Waals surface area contributed by atoms with Gasteiger partial charge in [0.05, 0.1) is 23.4 Å². The Balaban J connectivity index is 1.85. The summed E-state index contributed by atoms with van der Waals surface area (Å²) in [5, 5.41) is 8.47. The summed E-state index contributed by atoms with van der Waals surface area (Å²) in [6, 6.07) is 5.89. The van der Waals surface area contributed by atoms with Crippen LogP contribution in [0.25, 0.3) is 22.5 Å². The number of furan rings is 1. The summed E-state index contributed by atoms with van der Waals surface area (Å²) in [6.45, 7) is 5.69. The van der Waals surface area contributed by atoms with E-state index in [4.69, 9.17) is 9.40 Å². The average Bonchev–Trinajstić information content (AvgIpc) is 3.40. The molecule has 1 atom stereocenters. The van der Waals surface area contributed by atoms with E-state index < -0.39 is 0 Å². The number of nitrogens with zero attached hydrogens (tertiary/aromatic N) is 4. The van der Waals surface area contributed by atoms with Crippen LogP contribution in [0.4, 0.5) is 0 Å². The van der Waals surface area contributed by atoms with Crippen LogP contribution < -0.4 is 5.32 Å². The van der Waals surface area contributed by atoms with Crippen LogP contribution in [0.3, 0.4) is 0 Å². The minimum absolute atomic E-state index is 0.0382. The predicted octanol–water partition coefficient (Wildman–Crippen LogP) is 3.10. The highest BCUT2D eigenvalue weighted by molar-refractivity contribution is 6.06. The molecule has 0 bridgehead atoms. The Kier molecular flexibility index (Phi) is 4.70. The molecule has 1 aliphatic rings. The lowest BCUT2D eigenvalue weighted by Gasteiger charge is -2.25. The van der Waals surface area contributed by atoms with Crippen LogP contribution in [0.1, 0.15) is 43.1 Å². The third kappa shape index (κ3) is 3.12. The Bertz CT molecular complexity index is 945. The molecule has 7 nitrogen and oxygen atoms in total. The second-order valence-corrected chi connectivity index (χ2v) is 7.30. The smallest absolute Gasteiger partial charge is 0.255 e. The summed E-state index contributed by atoms with van der Waals surface area (Å²) in [4.78, 5) is 20.2. The molecule has 7 heteroatoms. The third-order valence-corrected chi connectivity index (χ3v) is 5.14. The number of hydrogen-bond acceptors (Lipinski definition) is 5. The largest absolute Gasteiger partial charge is 0.463 e. The Hall–Kier alpha value is -2.67. The summed E-state index contributed by atoms with van der Waals surface area (Å²) in [5.74, 6) is 0.687. The molecule has 3 aromatic heterocycles. The Labute approximate surface area is 158 Å². The van der Waals surface area contributed by atoms with E-state index >= 15 is 0 Å². The summed E-state index contributed by atoms with van der Waals surface area (Å²) < 4.78 is 7.39. The summed E-state index contributed by atoms with van der Waals surface area (Å²) in [5.41, 5.74) is 2.01. The van der Waals surface area contributed by atoms with Crippen molar-refractivity contribution in [3.05, 3.63) is 36.2 Å². The quantitative estimate of drug-likeness (QED) is 0.750. The first-order chi connectivity index (χ1) is 13.1. The lowest BCUT2D eigenvalue weighted by Crippen LogP contribution is -2.40. The monoisotopic (exact) mass is 367 g/mol. The van der Waals surface area contributed by atoms with Gasteiger partial charge in [0, 0.05) is 25.2 Å². The molecule has 0 aromatic carbocycles. The van der Waals surface area contributed by atoms with E-state index in [2.05, 4.69) is 24.3 Å². The van der Waals surface area contributed by atoms with E-state index in [-0.39, 0.29) is 18.0 Å². The summed E-state index contributed by atoms with van der Waals surface area (Å²) in [7, 11) is 1.92. The number of rotatable bonds is 5. The first-order valence-corrected chi connectivity index (χ1v) is 9.48. The number of aromatic nitrogens is 3. The second-order valence-electron chi connectivity index (χ2n) is 7.30. The maximum Gasteiger partial charge on any atom is 0.255 e. The number of hydrogen-bond donors (Lipinski definition) is 1. The Morgan fingerprint density at radius 2 is 2.30 bits per heavy atom. The molecule has 1 aliphatic heterocycles. The number of carbonyl (C=O) groups is 1. The van der Waals surface area contributed by atoms with Crippen LogP contribution in [0.15, 0.2) is 35.1 Å². The topological polar surface area (TPSA) is 76.2 Å². The van der Waals surface area contributed by atoms with Crippen molar-refractivity contribution in [1.82, 2.24) is 25.0 Å². The number of nitrogens with one attached hydrogen (secondary N) is 1. The van der Waals surface area contributed by atoms with Gasteiger partial charge in [0.1, 0.15) is 5.69 Å². The minimum atomic E-state index is 0.0382.